The molecule has 0 radical (unpaired) electrons. The predicted octanol–water partition coefficient (Wildman–Crippen LogP) is 5.26. The summed E-state index contributed by atoms with van der Waals surface area (Å²) < 4.78 is 5.94. The topological polar surface area (TPSA) is 71.1 Å². The van der Waals surface area contributed by atoms with E-state index in [2.05, 4.69) is 28.7 Å². The monoisotopic (exact) mass is 424 g/mol. The van der Waals surface area contributed by atoms with Gasteiger partial charge in [0.25, 0.3) is 0 Å². The number of carbonyl (C=O) groups excluding carboxylic acids is 1. The van der Waals surface area contributed by atoms with Gasteiger partial charge in [0.05, 0.1) is 10.4 Å². The first-order valence-corrected chi connectivity index (χ1v) is 11.1. The van der Waals surface area contributed by atoms with Crippen LogP contribution in [0.5, 0.6) is 11.8 Å². The Morgan fingerprint density at radius 3 is 2.77 bits per heavy atom. The molecule has 3 heterocycles. The SMILES string of the molecule is CCCC1C2CN(c3nc(Oc4cccc(C=O)c4)nc4[nH]c(CC)c(Cl)c34)CC12. The lowest BCUT2D eigenvalue weighted by molar-refractivity contribution is 0.112. The van der Waals surface area contributed by atoms with Crippen LogP contribution in [-0.4, -0.2) is 34.3 Å². The number of ether oxygens (including phenoxy) is 1. The number of piperidine rings is 1. The Hall–Kier alpha value is -2.60. The van der Waals surface area contributed by atoms with Gasteiger partial charge in [-0.2, -0.15) is 9.97 Å². The van der Waals surface area contributed by atoms with Gasteiger partial charge in [0.2, 0.25) is 0 Å². The summed E-state index contributed by atoms with van der Waals surface area (Å²) in [6, 6.07) is 7.24. The molecule has 3 aromatic rings. The number of aromatic nitrogens is 3. The third-order valence-corrected chi connectivity index (χ3v) is 6.89. The van der Waals surface area contributed by atoms with E-state index in [9.17, 15) is 4.79 Å². The number of anilines is 1. The van der Waals surface area contributed by atoms with Gasteiger partial charge >= 0.3 is 6.01 Å². The summed E-state index contributed by atoms with van der Waals surface area (Å²) in [4.78, 5) is 26.1. The number of benzene rings is 1. The van der Waals surface area contributed by atoms with E-state index in [1.54, 1.807) is 24.3 Å². The van der Waals surface area contributed by atoms with Crippen LogP contribution in [0, 0.1) is 17.8 Å². The van der Waals surface area contributed by atoms with Crippen LogP contribution in [0.2, 0.25) is 5.02 Å². The van der Waals surface area contributed by atoms with Gasteiger partial charge in [-0.1, -0.05) is 50.4 Å². The van der Waals surface area contributed by atoms with Crippen LogP contribution in [0.15, 0.2) is 24.3 Å². The summed E-state index contributed by atoms with van der Waals surface area (Å²) in [5, 5.41) is 1.57. The average molecular weight is 425 g/mol. The normalized spacial score (nSPS) is 22.4. The Kier molecular flexibility index (Phi) is 4.89. The Bertz CT molecular complexity index is 1100. The number of fused-ring (bicyclic) bond motifs is 2. The van der Waals surface area contributed by atoms with Crippen molar-refractivity contribution >= 4 is 34.7 Å². The van der Waals surface area contributed by atoms with E-state index in [0.717, 1.165) is 60.4 Å². The summed E-state index contributed by atoms with van der Waals surface area (Å²) in [6.07, 6.45) is 4.14. The van der Waals surface area contributed by atoms with E-state index in [-0.39, 0.29) is 6.01 Å². The fraction of sp³-hybridized carbons (Fsp3) is 0.435. The smallest absolute Gasteiger partial charge is 0.325 e. The van der Waals surface area contributed by atoms with Crippen molar-refractivity contribution in [3.8, 4) is 11.8 Å². The number of hydrogen-bond acceptors (Lipinski definition) is 5. The molecule has 1 saturated carbocycles. The maximum absolute atomic E-state index is 11.1. The van der Waals surface area contributed by atoms with Gasteiger partial charge < -0.3 is 14.6 Å². The molecule has 0 bridgehead atoms. The van der Waals surface area contributed by atoms with Gasteiger partial charge in [-0.25, -0.2) is 0 Å². The first-order valence-electron chi connectivity index (χ1n) is 10.7. The molecular formula is C23H25ClN4O2. The molecule has 1 aliphatic heterocycles. The number of H-pyrrole nitrogens is 1. The van der Waals surface area contributed by atoms with Crippen LogP contribution in [0.3, 0.4) is 0 Å². The molecule has 30 heavy (non-hydrogen) atoms. The van der Waals surface area contributed by atoms with Crippen LogP contribution in [0.4, 0.5) is 5.82 Å². The summed E-state index contributed by atoms with van der Waals surface area (Å²) in [7, 11) is 0. The largest absolute Gasteiger partial charge is 0.424 e. The van der Waals surface area contributed by atoms with Crippen molar-refractivity contribution in [2.75, 3.05) is 18.0 Å². The van der Waals surface area contributed by atoms with Crippen LogP contribution >= 0.6 is 11.6 Å². The van der Waals surface area contributed by atoms with Gasteiger partial charge in [0.15, 0.2) is 0 Å². The van der Waals surface area contributed by atoms with E-state index < -0.39 is 0 Å². The van der Waals surface area contributed by atoms with Gasteiger partial charge in [0, 0.05) is 24.3 Å². The van der Waals surface area contributed by atoms with E-state index in [0.29, 0.717) is 22.0 Å². The van der Waals surface area contributed by atoms with Crippen LogP contribution in [0.1, 0.15) is 42.7 Å². The van der Waals surface area contributed by atoms with E-state index in [4.69, 9.17) is 21.3 Å². The predicted molar refractivity (Wildman–Crippen MR) is 118 cm³/mol. The first-order chi connectivity index (χ1) is 14.6. The van der Waals surface area contributed by atoms with E-state index in [1.807, 2.05) is 0 Å². The van der Waals surface area contributed by atoms with Gasteiger partial charge in [0.1, 0.15) is 23.5 Å². The molecule has 2 aliphatic rings. The maximum atomic E-state index is 11.1. The lowest BCUT2D eigenvalue weighted by atomic mass is 10.1. The zero-order valence-electron chi connectivity index (χ0n) is 17.2. The zero-order valence-corrected chi connectivity index (χ0v) is 17.9. The highest BCUT2D eigenvalue weighted by Crippen LogP contribution is 2.55. The van der Waals surface area contributed by atoms with Gasteiger partial charge in [-0.15, -0.1) is 0 Å². The number of rotatable bonds is 7. The Balaban J connectivity index is 1.51. The van der Waals surface area contributed by atoms with Crippen molar-refractivity contribution < 1.29 is 9.53 Å². The highest BCUT2D eigenvalue weighted by Gasteiger charge is 2.55. The molecule has 2 aromatic heterocycles. The molecule has 2 unspecified atom stereocenters. The zero-order chi connectivity index (χ0) is 20.8. The quantitative estimate of drug-likeness (QED) is 0.524. The first kappa shape index (κ1) is 19.4. The maximum Gasteiger partial charge on any atom is 0.325 e. The Morgan fingerprint density at radius 1 is 1.27 bits per heavy atom. The summed E-state index contributed by atoms with van der Waals surface area (Å²) in [6.45, 7) is 6.33. The molecule has 0 spiro atoms. The lowest BCUT2D eigenvalue weighted by Crippen LogP contribution is -2.25. The van der Waals surface area contributed by atoms with Crippen molar-refractivity contribution in [3.05, 3.63) is 40.5 Å². The molecule has 0 amide bonds. The van der Waals surface area contributed by atoms with Crippen LogP contribution in [-0.2, 0) is 6.42 Å². The number of aryl methyl sites for hydroxylation is 1. The molecule has 6 nitrogen and oxygen atoms in total. The van der Waals surface area contributed by atoms with Crippen molar-refractivity contribution in [2.24, 2.45) is 17.8 Å². The summed E-state index contributed by atoms with van der Waals surface area (Å²) in [5.74, 6) is 3.74. The lowest BCUT2D eigenvalue weighted by Gasteiger charge is -2.22. The van der Waals surface area contributed by atoms with Gasteiger partial charge in [-0.05, 0) is 36.3 Å². The minimum atomic E-state index is 0.256. The molecule has 2 atom stereocenters. The summed E-state index contributed by atoms with van der Waals surface area (Å²) >= 11 is 6.70. The van der Waals surface area contributed by atoms with Crippen molar-refractivity contribution in [3.63, 3.8) is 0 Å². The van der Waals surface area contributed by atoms with Crippen molar-refractivity contribution in [1.82, 2.24) is 15.0 Å². The standard InChI is InChI=1S/C23H25ClN4O2/c1-3-6-15-16-10-28(11-17(15)16)22-19-20(24)18(4-2)25-21(19)26-23(27-22)30-14-8-5-7-13(9-14)12-29/h5,7-9,12,15-17H,3-4,6,10-11H2,1-2H3,(H,25,26,27). The number of aromatic amines is 1. The molecule has 5 rings (SSSR count). The van der Waals surface area contributed by atoms with Gasteiger partial charge in [-0.3, -0.25) is 4.79 Å². The molecule has 1 N–H and O–H groups in total. The molecule has 2 fully saturated rings. The van der Waals surface area contributed by atoms with E-state index in [1.165, 1.54) is 12.8 Å². The average Bonchev–Trinajstić information content (AvgIpc) is 3.09. The van der Waals surface area contributed by atoms with Crippen molar-refractivity contribution in [1.29, 1.82) is 0 Å². The minimum absolute atomic E-state index is 0.256. The highest BCUT2D eigenvalue weighted by molar-refractivity contribution is 6.37. The second-order valence-corrected chi connectivity index (χ2v) is 8.68. The van der Waals surface area contributed by atoms with Crippen molar-refractivity contribution in [2.45, 2.75) is 33.1 Å². The molecule has 156 valence electrons. The van der Waals surface area contributed by atoms with E-state index >= 15 is 0 Å². The number of carbonyl (C=O) groups is 1. The highest BCUT2D eigenvalue weighted by atomic mass is 35.5. The van der Waals surface area contributed by atoms with Crippen LogP contribution in [0.25, 0.3) is 11.0 Å². The minimum Gasteiger partial charge on any atom is -0.424 e. The third kappa shape index (κ3) is 3.23. The molecular weight excluding hydrogens is 400 g/mol. The molecule has 1 saturated heterocycles. The number of aldehydes is 1. The Labute approximate surface area is 180 Å². The third-order valence-electron chi connectivity index (χ3n) is 6.47. The molecule has 7 heteroatoms. The second-order valence-electron chi connectivity index (χ2n) is 8.30. The number of halogens is 1. The number of nitrogens with one attached hydrogen (secondary N) is 1. The second kappa shape index (κ2) is 7.58. The Morgan fingerprint density at radius 2 is 2.07 bits per heavy atom. The van der Waals surface area contributed by atoms with Crippen LogP contribution < -0.4 is 9.64 Å². The summed E-state index contributed by atoms with van der Waals surface area (Å²) in [5.41, 5.74) is 2.19. The fourth-order valence-corrected chi connectivity index (χ4v) is 5.28. The number of hydrogen-bond donors (Lipinski definition) is 1. The molecule has 1 aliphatic carbocycles. The number of nitrogens with zero attached hydrogens (tertiary/aromatic N) is 3. The molecule has 1 aromatic carbocycles. The fourth-order valence-electron chi connectivity index (χ4n) is 4.93.